The standard InChI is InChI=1S/C40H50N8O6.C8H7ClN2.C2H6/c41-31(38(51)43-26-4-2-1-3-5-26)6-9-35(42)47-12-10-24(11-13-47)20-45-14-16-46(17-15-45)22-29-27-18-25-21-48-33(36(25)44-32(27)7-8-34(29)49)19-28-30(39(48)52)23-54-40(53)37(28)50;1-11-7-3-2-6(5-10)8(9)4-7;1-2/h6-9,18-19,24,26,37,49-50H,1-5,10-17,20-23,41-42H2,(H,43,51);2-4,11H,1H3;1-2H3/b31-6-,35-9+;;. The molecule has 0 bridgehead atoms. The number of allylic oxidation sites excluding steroid dienone is 2. The van der Waals surface area contributed by atoms with Gasteiger partial charge in [0.15, 0.2) is 6.10 Å². The van der Waals surface area contributed by atoms with Crippen molar-refractivity contribution in [2.24, 2.45) is 17.4 Å². The summed E-state index contributed by atoms with van der Waals surface area (Å²) in [4.78, 5) is 49.9. The minimum Gasteiger partial charge on any atom is -0.508 e. The first-order chi connectivity index (χ1) is 32.4. The smallest absolute Gasteiger partial charge is 0.340 e. The largest absolute Gasteiger partial charge is 0.508 e. The maximum atomic E-state index is 13.4. The third-order valence-corrected chi connectivity index (χ3v) is 13.7. The van der Waals surface area contributed by atoms with Crippen molar-refractivity contribution in [3.8, 4) is 23.2 Å². The first-order valence-corrected chi connectivity index (χ1v) is 23.9. The number of aliphatic hydroxyl groups excluding tert-OH is 1. The number of anilines is 1. The van der Waals surface area contributed by atoms with E-state index in [9.17, 15) is 24.6 Å². The van der Waals surface area contributed by atoms with E-state index in [0.29, 0.717) is 52.3 Å². The molecule has 16 nitrogen and oxygen atoms in total. The van der Waals surface area contributed by atoms with Crippen LogP contribution in [0.25, 0.3) is 22.3 Å². The van der Waals surface area contributed by atoms with E-state index in [1.807, 2.05) is 32.0 Å². The highest BCUT2D eigenvalue weighted by Gasteiger charge is 2.34. The number of nitriles is 1. The molecule has 4 aliphatic heterocycles. The number of likely N-dealkylation sites (tertiary alicyclic amines) is 1. The van der Waals surface area contributed by atoms with Gasteiger partial charge in [-0.05, 0) is 86.2 Å². The first-order valence-electron chi connectivity index (χ1n) is 23.5. The lowest BCUT2D eigenvalue weighted by Gasteiger charge is -2.39. The van der Waals surface area contributed by atoms with E-state index < -0.39 is 12.1 Å². The molecule has 0 spiro atoms. The number of ether oxygens (including phenoxy) is 1. The van der Waals surface area contributed by atoms with Gasteiger partial charge in [0.25, 0.3) is 11.5 Å². The summed E-state index contributed by atoms with van der Waals surface area (Å²) < 4.78 is 6.63. The molecular formula is C50H63ClN10O6. The number of pyridine rings is 2. The normalized spacial score (nSPS) is 19.1. The summed E-state index contributed by atoms with van der Waals surface area (Å²) in [6.07, 6.45) is 9.52. The molecule has 2 aromatic heterocycles. The minimum atomic E-state index is -1.50. The van der Waals surface area contributed by atoms with Gasteiger partial charge in [-0.25, -0.2) is 9.78 Å². The van der Waals surface area contributed by atoms with Crippen LogP contribution in [0.1, 0.15) is 92.7 Å². The topological polar surface area (TPSA) is 228 Å². The second kappa shape index (κ2) is 22.1. The Morgan fingerprint density at radius 2 is 1.69 bits per heavy atom. The van der Waals surface area contributed by atoms with Crippen molar-refractivity contribution in [2.45, 2.75) is 90.6 Å². The van der Waals surface area contributed by atoms with Gasteiger partial charge >= 0.3 is 5.97 Å². The Morgan fingerprint density at radius 1 is 0.970 bits per heavy atom. The van der Waals surface area contributed by atoms with Crippen LogP contribution in [0.2, 0.25) is 5.02 Å². The number of halogens is 1. The van der Waals surface area contributed by atoms with Crippen molar-refractivity contribution in [1.82, 2.24) is 29.6 Å². The Kier molecular flexibility index (Phi) is 16.1. The number of phenols is 1. The van der Waals surface area contributed by atoms with Crippen molar-refractivity contribution in [2.75, 3.05) is 58.2 Å². The summed E-state index contributed by atoms with van der Waals surface area (Å²) in [6, 6.07) is 14.6. The van der Waals surface area contributed by atoms with Crippen LogP contribution in [0.3, 0.4) is 0 Å². The molecule has 1 amide bonds. The summed E-state index contributed by atoms with van der Waals surface area (Å²) in [5, 5.41) is 37.3. The number of piperidine rings is 1. The molecule has 67 heavy (non-hydrogen) atoms. The third kappa shape index (κ3) is 11.2. The summed E-state index contributed by atoms with van der Waals surface area (Å²) in [5.41, 5.74) is 17.9. The van der Waals surface area contributed by atoms with Crippen molar-refractivity contribution >= 4 is 40.1 Å². The van der Waals surface area contributed by atoms with Crippen LogP contribution in [0, 0.1) is 17.2 Å². The van der Waals surface area contributed by atoms with Crippen molar-refractivity contribution in [1.29, 1.82) is 5.26 Å². The van der Waals surface area contributed by atoms with Gasteiger partial charge in [0.05, 0.1) is 51.1 Å². The van der Waals surface area contributed by atoms with Gasteiger partial charge in [-0.2, -0.15) is 5.26 Å². The lowest BCUT2D eigenvalue weighted by atomic mass is 9.95. The van der Waals surface area contributed by atoms with E-state index in [1.165, 1.54) is 6.42 Å². The lowest BCUT2D eigenvalue weighted by Crippen LogP contribution is -2.48. The number of carbonyl (C=O) groups is 2. The molecule has 9 rings (SSSR count). The van der Waals surface area contributed by atoms with Crippen LogP contribution in [0.4, 0.5) is 5.69 Å². The number of hydrogen-bond acceptors (Lipinski definition) is 14. The summed E-state index contributed by atoms with van der Waals surface area (Å²) in [6.45, 7) is 11.1. The van der Waals surface area contributed by atoms with E-state index >= 15 is 0 Å². The van der Waals surface area contributed by atoms with Gasteiger partial charge in [-0.15, -0.1) is 0 Å². The fourth-order valence-electron chi connectivity index (χ4n) is 9.54. The fourth-order valence-corrected chi connectivity index (χ4v) is 9.76. The fraction of sp³-hybridized carbons (Fsp3) is 0.460. The van der Waals surface area contributed by atoms with Crippen molar-refractivity contribution < 1.29 is 24.5 Å². The third-order valence-electron chi connectivity index (χ3n) is 13.4. The minimum absolute atomic E-state index is 0.162. The second-order valence-electron chi connectivity index (χ2n) is 17.6. The molecule has 2 aromatic carbocycles. The number of fused-ring (bicyclic) bond motifs is 5. The van der Waals surface area contributed by atoms with Crippen molar-refractivity contribution in [3.63, 3.8) is 0 Å². The van der Waals surface area contributed by atoms with E-state index in [4.69, 9.17) is 38.1 Å². The quantitative estimate of drug-likeness (QED) is 0.0617. The number of cyclic esters (lactones) is 1. The molecule has 1 unspecified atom stereocenters. The number of benzene rings is 2. The van der Waals surface area contributed by atoms with E-state index in [0.717, 1.165) is 107 Å². The van der Waals surface area contributed by atoms with E-state index in [1.54, 1.807) is 54.1 Å². The molecular weight excluding hydrogens is 872 g/mol. The Bertz CT molecular complexity index is 2620. The zero-order chi connectivity index (χ0) is 47.8. The molecule has 5 aliphatic rings. The zero-order valence-corrected chi connectivity index (χ0v) is 39.4. The van der Waals surface area contributed by atoms with Gasteiger partial charge < -0.3 is 51.4 Å². The second-order valence-corrected chi connectivity index (χ2v) is 18.0. The predicted molar refractivity (Wildman–Crippen MR) is 260 cm³/mol. The number of hydrogen-bond donors (Lipinski definition) is 6. The number of nitrogens with zero attached hydrogens (tertiary/aromatic N) is 6. The number of amides is 1. The van der Waals surface area contributed by atoms with Gasteiger partial charge in [-0.3, -0.25) is 14.5 Å². The number of nitrogens with two attached hydrogens (primary N) is 2. The Labute approximate surface area is 396 Å². The number of phenolic OH excluding ortho intramolecular Hbond substituents is 1. The van der Waals surface area contributed by atoms with Crippen LogP contribution in [0.5, 0.6) is 5.75 Å². The Balaban J connectivity index is 0.000000448. The van der Waals surface area contributed by atoms with E-state index in [-0.39, 0.29) is 46.7 Å². The van der Waals surface area contributed by atoms with Crippen molar-refractivity contribution in [3.05, 3.63) is 109 Å². The summed E-state index contributed by atoms with van der Waals surface area (Å²) in [5.74, 6) is 0.450. The Morgan fingerprint density at radius 3 is 2.37 bits per heavy atom. The molecule has 4 aromatic rings. The Hall–Kier alpha value is -6.12. The maximum absolute atomic E-state index is 13.4. The lowest BCUT2D eigenvalue weighted by molar-refractivity contribution is -0.157. The number of esters is 1. The number of rotatable bonds is 9. The number of nitrogens with one attached hydrogen (secondary N) is 2. The van der Waals surface area contributed by atoms with E-state index in [2.05, 4.69) is 25.3 Å². The number of piperazine rings is 1. The average Bonchev–Trinajstić information content (AvgIpc) is 3.71. The predicted octanol–water partition coefficient (Wildman–Crippen LogP) is 5.42. The number of aliphatic hydroxyl groups is 1. The van der Waals surface area contributed by atoms with Crippen LogP contribution in [-0.4, -0.2) is 105 Å². The van der Waals surface area contributed by atoms with Crippen LogP contribution in [-0.2, 0) is 34.0 Å². The molecule has 8 N–H and O–H groups in total. The molecule has 356 valence electrons. The van der Waals surface area contributed by atoms with Gasteiger partial charge in [0.1, 0.15) is 18.4 Å². The molecule has 1 atom stereocenters. The van der Waals surface area contributed by atoms with Crippen LogP contribution < -0.4 is 27.7 Å². The molecule has 2 saturated heterocycles. The molecule has 3 fully saturated rings. The highest BCUT2D eigenvalue weighted by Crippen LogP contribution is 2.38. The summed E-state index contributed by atoms with van der Waals surface area (Å²) in [7, 11) is 1.80. The number of aromatic hydroxyl groups is 1. The SMILES string of the molecule is CC.CNc1ccc(C#N)c(Cl)c1.N/C(=C\C=C(/N)N1CCC(CN2CCN(Cc3c(O)ccc4nc5c(cc34)Cn3c-5cc4c(c3=O)COC(=O)C4O)CC2)CC1)C(=O)NC1CCCCC1. The first kappa shape index (κ1) is 48.8. The molecule has 1 aliphatic carbocycles. The highest BCUT2D eigenvalue weighted by molar-refractivity contribution is 6.32. The summed E-state index contributed by atoms with van der Waals surface area (Å²) >= 11 is 5.75. The number of aromatic nitrogens is 2. The van der Waals surface area contributed by atoms with Gasteiger partial charge in [-0.1, -0.05) is 44.7 Å². The number of carbonyl (C=O) groups excluding carboxylic acids is 2. The molecule has 1 saturated carbocycles. The average molecular weight is 936 g/mol. The molecule has 0 radical (unpaired) electrons. The van der Waals surface area contributed by atoms with Crippen LogP contribution >= 0.6 is 11.6 Å². The van der Waals surface area contributed by atoms with Gasteiger partial charge in [0, 0.05) is 93.2 Å². The maximum Gasteiger partial charge on any atom is 0.340 e. The zero-order valence-electron chi connectivity index (χ0n) is 38.7. The van der Waals surface area contributed by atoms with Gasteiger partial charge in [0.2, 0.25) is 0 Å². The van der Waals surface area contributed by atoms with Crippen LogP contribution in [0.15, 0.2) is 70.9 Å². The monoisotopic (exact) mass is 934 g/mol. The molecule has 17 heteroatoms. The molecule has 6 heterocycles. The highest BCUT2D eigenvalue weighted by atomic mass is 35.5.